The third kappa shape index (κ3) is 3.97. The number of carbonyl (C=O) groups excluding carboxylic acids is 2. The molecule has 0 aromatic heterocycles. The Kier molecular flexibility index (Phi) is 6.25. The number of cyclic esters (lactones) is 1. The summed E-state index contributed by atoms with van der Waals surface area (Å²) in [7, 11) is 2.81. The first-order chi connectivity index (χ1) is 12.7. The van der Waals surface area contributed by atoms with E-state index in [1.165, 1.54) is 14.2 Å². The van der Waals surface area contributed by atoms with Crippen LogP contribution in [0.25, 0.3) is 0 Å². The second-order valence-corrected chi connectivity index (χ2v) is 6.58. The summed E-state index contributed by atoms with van der Waals surface area (Å²) in [5, 5.41) is 9.74. The Bertz CT molecular complexity index is 820. The van der Waals surface area contributed by atoms with Gasteiger partial charge in [0.05, 0.1) is 31.8 Å². The molecule has 0 saturated carbocycles. The van der Waals surface area contributed by atoms with Gasteiger partial charge in [-0.15, -0.1) is 0 Å². The molecule has 1 aliphatic heterocycles. The first-order valence-corrected chi connectivity index (χ1v) is 8.59. The fourth-order valence-electron chi connectivity index (χ4n) is 3.25. The molecule has 0 fully saturated rings. The van der Waals surface area contributed by atoms with Crippen molar-refractivity contribution in [1.29, 1.82) is 0 Å². The average Bonchev–Trinajstić information content (AvgIpc) is 3.01. The third-order valence-corrected chi connectivity index (χ3v) is 5.00. The lowest BCUT2D eigenvalue weighted by molar-refractivity contribution is -0.141. The van der Waals surface area contributed by atoms with Crippen LogP contribution in [-0.4, -0.2) is 37.2 Å². The summed E-state index contributed by atoms with van der Waals surface area (Å²) < 4.78 is 15.2. The van der Waals surface area contributed by atoms with E-state index in [2.05, 4.69) is 4.74 Å². The number of carboxylic acid groups (broad SMARTS) is 1. The summed E-state index contributed by atoms with van der Waals surface area (Å²) in [6.07, 6.45) is 2.34. The van der Waals surface area contributed by atoms with Crippen LogP contribution in [0.15, 0.2) is 11.6 Å². The molecule has 0 spiro atoms. The lowest BCUT2D eigenvalue weighted by atomic mass is 9.89. The van der Waals surface area contributed by atoms with E-state index in [9.17, 15) is 19.5 Å². The average molecular weight is 376 g/mol. The minimum absolute atomic E-state index is 0.0436. The molecule has 27 heavy (non-hydrogen) atoms. The van der Waals surface area contributed by atoms with E-state index in [1.54, 1.807) is 6.92 Å². The van der Waals surface area contributed by atoms with Gasteiger partial charge in [0.25, 0.3) is 0 Å². The van der Waals surface area contributed by atoms with Crippen LogP contribution in [-0.2, 0) is 27.3 Å². The maximum atomic E-state index is 12.1. The van der Waals surface area contributed by atoms with Crippen LogP contribution in [0.4, 0.5) is 0 Å². The molecule has 1 aliphatic rings. The molecule has 2 rings (SSSR count). The van der Waals surface area contributed by atoms with Crippen LogP contribution in [0.1, 0.15) is 57.7 Å². The second kappa shape index (κ2) is 8.24. The fraction of sp³-hybridized carbons (Fsp3) is 0.450. The molecular formula is C20H24O7. The van der Waals surface area contributed by atoms with Crippen LogP contribution < -0.4 is 4.74 Å². The third-order valence-electron chi connectivity index (χ3n) is 5.00. The first kappa shape index (κ1) is 20.5. The predicted molar refractivity (Wildman–Crippen MR) is 97.1 cm³/mol. The Balaban J connectivity index is 2.50. The van der Waals surface area contributed by atoms with Gasteiger partial charge in [0, 0.05) is 11.1 Å². The molecule has 0 bridgehead atoms. The second-order valence-electron chi connectivity index (χ2n) is 6.58. The number of hydrogen-bond acceptors (Lipinski definition) is 6. The molecule has 1 N–H and O–H groups in total. The smallest absolute Gasteiger partial charge is 0.339 e. The number of benzene rings is 1. The van der Waals surface area contributed by atoms with Crippen LogP contribution in [0, 0.1) is 12.8 Å². The Labute approximate surface area is 157 Å². The van der Waals surface area contributed by atoms with Gasteiger partial charge in [-0.25, -0.2) is 9.59 Å². The normalized spacial score (nSPS) is 14.4. The Morgan fingerprint density at radius 2 is 2.00 bits per heavy atom. The van der Waals surface area contributed by atoms with Gasteiger partial charge in [0.2, 0.25) is 0 Å². The van der Waals surface area contributed by atoms with Crippen molar-refractivity contribution in [2.75, 3.05) is 14.2 Å². The van der Waals surface area contributed by atoms with Gasteiger partial charge in [-0.2, -0.15) is 0 Å². The lowest BCUT2D eigenvalue weighted by Gasteiger charge is -2.17. The molecule has 7 heteroatoms. The number of carboxylic acids is 1. The molecule has 1 aromatic rings. The monoisotopic (exact) mass is 376 g/mol. The largest absolute Gasteiger partial charge is 0.496 e. The zero-order valence-corrected chi connectivity index (χ0v) is 16.2. The minimum Gasteiger partial charge on any atom is -0.496 e. The number of carbonyl (C=O) groups is 3. The molecule has 1 atom stereocenters. The van der Waals surface area contributed by atoms with Gasteiger partial charge in [-0.1, -0.05) is 18.6 Å². The van der Waals surface area contributed by atoms with Gasteiger partial charge >= 0.3 is 17.9 Å². The maximum absolute atomic E-state index is 12.1. The number of ether oxygens (including phenoxy) is 3. The number of fused-ring (bicyclic) bond motifs is 1. The highest BCUT2D eigenvalue weighted by Gasteiger charge is 2.34. The van der Waals surface area contributed by atoms with E-state index >= 15 is 0 Å². The number of allylic oxidation sites excluding steroid dienone is 2. The molecular weight excluding hydrogens is 352 g/mol. The zero-order valence-electron chi connectivity index (χ0n) is 16.2. The van der Waals surface area contributed by atoms with Crippen LogP contribution in [0.2, 0.25) is 0 Å². The van der Waals surface area contributed by atoms with Crippen molar-refractivity contribution in [3.63, 3.8) is 0 Å². The van der Waals surface area contributed by atoms with Crippen molar-refractivity contribution in [2.24, 2.45) is 5.92 Å². The van der Waals surface area contributed by atoms with E-state index in [0.29, 0.717) is 22.4 Å². The van der Waals surface area contributed by atoms with E-state index in [1.807, 2.05) is 19.9 Å². The highest BCUT2D eigenvalue weighted by molar-refractivity contribution is 6.07. The minimum atomic E-state index is -1.20. The number of methoxy groups -OCH3 is 2. The predicted octanol–water partition coefficient (Wildman–Crippen LogP) is 3.06. The van der Waals surface area contributed by atoms with E-state index in [-0.39, 0.29) is 42.5 Å². The van der Waals surface area contributed by atoms with Crippen molar-refractivity contribution in [2.45, 2.75) is 40.2 Å². The summed E-state index contributed by atoms with van der Waals surface area (Å²) >= 11 is 0. The summed E-state index contributed by atoms with van der Waals surface area (Å²) in [5.74, 6) is -1.76. The highest BCUT2D eigenvalue weighted by atomic mass is 16.5. The molecule has 0 saturated heterocycles. The number of esters is 2. The van der Waals surface area contributed by atoms with Crippen molar-refractivity contribution in [3.8, 4) is 5.75 Å². The number of aromatic carboxylic acids is 1. The van der Waals surface area contributed by atoms with Crippen molar-refractivity contribution in [1.82, 2.24) is 0 Å². The molecule has 7 nitrogen and oxygen atoms in total. The molecule has 146 valence electrons. The van der Waals surface area contributed by atoms with Gasteiger partial charge in [0.1, 0.15) is 12.4 Å². The van der Waals surface area contributed by atoms with Crippen LogP contribution in [0.5, 0.6) is 5.75 Å². The van der Waals surface area contributed by atoms with Crippen LogP contribution in [0.3, 0.4) is 0 Å². The molecule has 0 amide bonds. The molecule has 1 heterocycles. The van der Waals surface area contributed by atoms with E-state index in [4.69, 9.17) is 9.47 Å². The number of hydrogen-bond donors (Lipinski definition) is 1. The van der Waals surface area contributed by atoms with Crippen molar-refractivity contribution in [3.05, 3.63) is 39.5 Å². The highest BCUT2D eigenvalue weighted by Crippen LogP contribution is 2.38. The Morgan fingerprint density at radius 1 is 1.33 bits per heavy atom. The Hall–Kier alpha value is -2.83. The SMILES string of the molecule is COC(=O)CC(C)/C(C)=C/Cc1c(OC)c(C)c2c(c1C(=O)O)C(=O)OC2. The quantitative estimate of drug-likeness (QED) is 0.577. The van der Waals surface area contributed by atoms with E-state index in [0.717, 1.165) is 5.57 Å². The first-order valence-electron chi connectivity index (χ1n) is 8.59. The maximum Gasteiger partial charge on any atom is 0.339 e. The summed E-state index contributed by atoms with van der Waals surface area (Å²) in [5.41, 5.74) is 2.61. The topological polar surface area (TPSA) is 99.1 Å². The standard InChI is InChI=1S/C20H24O7/c1-10(11(2)8-15(21)25-4)6-7-13-16(19(22)23)17-14(9-27-20(17)24)12(3)18(13)26-5/h6,11H,7-9H2,1-5H3,(H,22,23)/b10-6+. The molecule has 1 unspecified atom stereocenters. The fourth-order valence-corrected chi connectivity index (χ4v) is 3.25. The Morgan fingerprint density at radius 3 is 2.56 bits per heavy atom. The van der Waals surface area contributed by atoms with E-state index < -0.39 is 11.9 Å². The molecule has 0 radical (unpaired) electrons. The molecule has 0 aliphatic carbocycles. The van der Waals surface area contributed by atoms with Gasteiger partial charge in [0.15, 0.2) is 0 Å². The summed E-state index contributed by atoms with van der Waals surface area (Å²) in [6.45, 7) is 5.59. The van der Waals surface area contributed by atoms with Crippen LogP contribution >= 0.6 is 0 Å². The van der Waals surface area contributed by atoms with Gasteiger partial charge in [-0.05, 0) is 31.7 Å². The molecule has 1 aromatic carbocycles. The van der Waals surface area contributed by atoms with Gasteiger partial charge in [-0.3, -0.25) is 4.79 Å². The zero-order chi connectivity index (χ0) is 20.3. The summed E-state index contributed by atoms with van der Waals surface area (Å²) in [4.78, 5) is 35.5. The van der Waals surface area contributed by atoms with Gasteiger partial charge < -0.3 is 19.3 Å². The number of rotatable bonds is 7. The van der Waals surface area contributed by atoms with Crippen molar-refractivity contribution >= 4 is 17.9 Å². The summed E-state index contributed by atoms with van der Waals surface area (Å²) in [6, 6.07) is 0. The lowest BCUT2D eigenvalue weighted by Crippen LogP contribution is -2.14. The van der Waals surface area contributed by atoms with Crippen molar-refractivity contribution < 1.29 is 33.7 Å².